The Morgan fingerprint density at radius 2 is 1.75 bits per heavy atom. The molecule has 1 aromatic heterocycles. The minimum absolute atomic E-state index is 0.250. The minimum Gasteiger partial charge on any atom is -0.484 e. The molecule has 0 bridgehead atoms. The molecule has 36 heavy (non-hydrogen) atoms. The average molecular weight is 503 g/mol. The molecule has 1 aliphatic heterocycles. The molecule has 192 valence electrons. The van der Waals surface area contributed by atoms with Gasteiger partial charge in [0.25, 0.3) is 5.91 Å². The van der Waals surface area contributed by atoms with Crippen molar-refractivity contribution in [2.24, 2.45) is 0 Å². The Hall–Kier alpha value is -3.53. The number of nitrogens with one attached hydrogen (secondary N) is 1. The standard InChI is InChI=1S/C26H29F3N4O3/c1-3-33(32-13-5-4-6-14-32)24-15-18(2)22-16-19(7-12-23(22)31-24)30-25(34)17-35-20-8-10-21(11-9-20)36-26(27,28)29/h7-12,15-16H,3-6,13-14,17H2,1-2H3,(H,30,34). The lowest BCUT2D eigenvalue weighted by Crippen LogP contribution is -2.46. The smallest absolute Gasteiger partial charge is 0.484 e. The average Bonchev–Trinajstić information content (AvgIpc) is 2.84. The molecule has 1 aliphatic rings. The summed E-state index contributed by atoms with van der Waals surface area (Å²) in [5, 5.41) is 8.33. The highest BCUT2D eigenvalue weighted by atomic mass is 19.4. The van der Waals surface area contributed by atoms with Crippen LogP contribution in [0.15, 0.2) is 48.5 Å². The second-order valence-electron chi connectivity index (χ2n) is 8.62. The van der Waals surface area contributed by atoms with Gasteiger partial charge in [0.1, 0.15) is 17.3 Å². The van der Waals surface area contributed by atoms with E-state index in [0.29, 0.717) is 5.69 Å². The van der Waals surface area contributed by atoms with Crippen LogP contribution in [0.25, 0.3) is 10.9 Å². The van der Waals surface area contributed by atoms with Crippen LogP contribution in [0.2, 0.25) is 0 Å². The number of pyridine rings is 1. The quantitative estimate of drug-likeness (QED) is 0.427. The van der Waals surface area contributed by atoms with Gasteiger partial charge in [0.15, 0.2) is 6.61 Å². The zero-order valence-corrected chi connectivity index (χ0v) is 20.3. The predicted molar refractivity (Wildman–Crippen MR) is 132 cm³/mol. The predicted octanol–water partition coefficient (Wildman–Crippen LogP) is 5.69. The van der Waals surface area contributed by atoms with Crippen LogP contribution >= 0.6 is 0 Å². The normalized spacial score (nSPS) is 14.5. The van der Waals surface area contributed by atoms with Crippen LogP contribution in [0.4, 0.5) is 24.7 Å². The van der Waals surface area contributed by atoms with E-state index < -0.39 is 12.3 Å². The second kappa shape index (κ2) is 11.0. The molecule has 4 rings (SSSR count). The van der Waals surface area contributed by atoms with Crippen LogP contribution < -0.4 is 19.8 Å². The van der Waals surface area contributed by atoms with Gasteiger partial charge in [-0.3, -0.25) is 9.80 Å². The zero-order chi connectivity index (χ0) is 25.7. The maximum Gasteiger partial charge on any atom is 0.573 e. The fraction of sp³-hybridized carbons (Fsp3) is 0.385. The monoisotopic (exact) mass is 502 g/mol. The Bertz CT molecular complexity index is 1200. The number of nitrogens with zero attached hydrogens (tertiary/aromatic N) is 3. The fourth-order valence-electron chi connectivity index (χ4n) is 4.30. The summed E-state index contributed by atoms with van der Waals surface area (Å²) in [4.78, 5) is 17.3. The van der Waals surface area contributed by atoms with Crippen LogP contribution in [-0.4, -0.2) is 48.5 Å². The molecule has 1 saturated heterocycles. The van der Waals surface area contributed by atoms with Gasteiger partial charge in [0, 0.05) is 30.7 Å². The second-order valence-corrected chi connectivity index (χ2v) is 8.62. The molecule has 1 amide bonds. The maximum absolute atomic E-state index is 12.4. The molecule has 1 N–H and O–H groups in total. The van der Waals surface area contributed by atoms with Crippen molar-refractivity contribution in [3.05, 3.63) is 54.1 Å². The van der Waals surface area contributed by atoms with Gasteiger partial charge in [-0.1, -0.05) is 6.42 Å². The topological polar surface area (TPSA) is 66.9 Å². The number of hydrogen-bond acceptors (Lipinski definition) is 6. The number of anilines is 2. The Labute approximate surface area is 207 Å². The minimum atomic E-state index is -4.76. The number of piperidine rings is 1. The lowest BCUT2D eigenvalue weighted by Gasteiger charge is -2.37. The van der Waals surface area contributed by atoms with Crippen molar-refractivity contribution >= 4 is 28.3 Å². The Kier molecular flexibility index (Phi) is 7.83. The number of ether oxygens (including phenoxy) is 2. The van der Waals surface area contributed by atoms with E-state index in [2.05, 4.69) is 33.1 Å². The summed E-state index contributed by atoms with van der Waals surface area (Å²) in [5.74, 6) is 0.413. The number of aryl methyl sites for hydroxylation is 1. The van der Waals surface area contributed by atoms with E-state index in [1.165, 1.54) is 31.4 Å². The van der Waals surface area contributed by atoms with Crippen molar-refractivity contribution in [1.82, 2.24) is 9.99 Å². The van der Waals surface area contributed by atoms with Crippen molar-refractivity contribution in [2.75, 3.05) is 36.6 Å². The van der Waals surface area contributed by atoms with E-state index in [9.17, 15) is 18.0 Å². The van der Waals surface area contributed by atoms with Gasteiger partial charge in [-0.25, -0.2) is 9.99 Å². The van der Waals surface area contributed by atoms with Crippen LogP contribution in [0.1, 0.15) is 31.7 Å². The first-order valence-electron chi connectivity index (χ1n) is 11.9. The summed E-state index contributed by atoms with van der Waals surface area (Å²) in [6.45, 7) is 6.76. The lowest BCUT2D eigenvalue weighted by atomic mass is 10.1. The summed E-state index contributed by atoms with van der Waals surface area (Å²) >= 11 is 0. The number of carbonyl (C=O) groups is 1. The largest absolute Gasteiger partial charge is 0.573 e. The number of alkyl halides is 3. The van der Waals surface area contributed by atoms with E-state index in [4.69, 9.17) is 9.72 Å². The highest BCUT2D eigenvalue weighted by Crippen LogP contribution is 2.28. The third-order valence-corrected chi connectivity index (χ3v) is 5.95. The first kappa shape index (κ1) is 25.6. The number of rotatable bonds is 8. The number of benzene rings is 2. The van der Waals surface area contributed by atoms with Gasteiger partial charge in [0.05, 0.1) is 5.52 Å². The highest BCUT2D eigenvalue weighted by molar-refractivity contribution is 5.95. The molecule has 0 radical (unpaired) electrons. The Morgan fingerprint density at radius 1 is 1.06 bits per heavy atom. The number of halogens is 3. The number of amides is 1. The summed E-state index contributed by atoms with van der Waals surface area (Å²) in [6, 6.07) is 12.5. The summed E-state index contributed by atoms with van der Waals surface area (Å²) in [6.07, 6.45) is -1.12. The highest BCUT2D eigenvalue weighted by Gasteiger charge is 2.31. The molecule has 0 atom stereocenters. The molecular formula is C26H29F3N4O3. The Morgan fingerprint density at radius 3 is 2.42 bits per heavy atom. The van der Waals surface area contributed by atoms with E-state index in [1.54, 1.807) is 6.07 Å². The van der Waals surface area contributed by atoms with Crippen LogP contribution in [0.5, 0.6) is 11.5 Å². The van der Waals surface area contributed by atoms with Crippen molar-refractivity contribution in [2.45, 2.75) is 39.5 Å². The van der Waals surface area contributed by atoms with Crippen molar-refractivity contribution in [1.29, 1.82) is 0 Å². The third kappa shape index (κ3) is 6.57. The molecule has 2 aromatic carbocycles. The maximum atomic E-state index is 12.4. The molecule has 3 aromatic rings. The van der Waals surface area contributed by atoms with Gasteiger partial charge in [-0.2, -0.15) is 0 Å². The molecule has 2 heterocycles. The fourth-order valence-corrected chi connectivity index (χ4v) is 4.30. The van der Waals surface area contributed by atoms with E-state index >= 15 is 0 Å². The summed E-state index contributed by atoms with van der Waals surface area (Å²) < 4.78 is 46.0. The number of carbonyl (C=O) groups excluding carboxylic acids is 1. The van der Waals surface area contributed by atoms with Gasteiger partial charge >= 0.3 is 6.36 Å². The molecule has 0 saturated carbocycles. The van der Waals surface area contributed by atoms with Gasteiger partial charge in [-0.05, 0) is 80.8 Å². The molecule has 10 heteroatoms. The zero-order valence-electron chi connectivity index (χ0n) is 20.3. The number of hydrogen-bond donors (Lipinski definition) is 1. The van der Waals surface area contributed by atoms with Crippen molar-refractivity contribution < 1.29 is 27.4 Å². The molecule has 1 fully saturated rings. The molecular weight excluding hydrogens is 473 g/mol. The molecule has 0 spiro atoms. The van der Waals surface area contributed by atoms with E-state index in [1.807, 2.05) is 19.1 Å². The van der Waals surface area contributed by atoms with E-state index in [0.717, 1.165) is 54.1 Å². The Balaban J connectivity index is 1.39. The molecule has 7 nitrogen and oxygen atoms in total. The summed E-state index contributed by atoms with van der Waals surface area (Å²) in [7, 11) is 0. The SMILES string of the molecule is CCN(c1cc(C)c2cc(NC(=O)COc3ccc(OC(F)(F)F)cc3)ccc2n1)N1CCCCC1. The van der Waals surface area contributed by atoms with Crippen LogP contribution in [0.3, 0.4) is 0 Å². The summed E-state index contributed by atoms with van der Waals surface area (Å²) in [5.41, 5.74) is 2.50. The number of fused-ring (bicyclic) bond motifs is 1. The van der Waals surface area contributed by atoms with Gasteiger partial charge in [-0.15, -0.1) is 13.2 Å². The van der Waals surface area contributed by atoms with Crippen LogP contribution in [0, 0.1) is 6.92 Å². The first-order valence-corrected chi connectivity index (χ1v) is 11.9. The lowest BCUT2D eigenvalue weighted by molar-refractivity contribution is -0.274. The van der Waals surface area contributed by atoms with Crippen LogP contribution in [-0.2, 0) is 4.79 Å². The van der Waals surface area contributed by atoms with E-state index in [-0.39, 0.29) is 18.1 Å². The van der Waals surface area contributed by atoms with Crippen molar-refractivity contribution in [3.8, 4) is 11.5 Å². The van der Waals surface area contributed by atoms with Gasteiger partial charge < -0.3 is 14.8 Å². The molecule has 0 unspecified atom stereocenters. The van der Waals surface area contributed by atoms with Gasteiger partial charge in [0.2, 0.25) is 0 Å². The number of hydrazine groups is 1. The molecule has 0 aliphatic carbocycles. The third-order valence-electron chi connectivity index (χ3n) is 5.95. The first-order chi connectivity index (χ1) is 17.2. The van der Waals surface area contributed by atoms with Crippen molar-refractivity contribution in [3.63, 3.8) is 0 Å². The number of aromatic nitrogens is 1.